The van der Waals surface area contributed by atoms with Gasteiger partial charge in [0.2, 0.25) is 0 Å². The summed E-state index contributed by atoms with van der Waals surface area (Å²) < 4.78 is 4.77. The Morgan fingerprint density at radius 1 is 1.04 bits per heavy atom. The molecule has 0 aliphatic rings. The molecule has 1 aromatic heterocycles. The van der Waals surface area contributed by atoms with Crippen LogP contribution in [0.5, 0.6) is 0 Å². The molecule has 0 unspecified atom stereocenters. The van der Waals surface area contributed by atoms with Gasteiger partial charge in [0.25, 0.3) is 0 Å². The Morgan fingerprint density at radius 2 is 1.63 bits per heavy atom. The topological polar surface area (TPSA) is 75.9 Å². The monoisotopic (exact) mass is 375 g/mol. The predicted molar refractivity (Wildman–Crippen MR) is 105 cm³/mol. The first kappa shape index (κ1) is 18.6. The molecule has 134 valence electrons. The van der Waals surface area contributed by atoms with Crippen LogP contribution < -0.4 is 0 Å². The zero-order valence-electron chi connectivity index (χ0n) is 14.9. The van der Waals surface area contributed by atoms with Gasteiger partial charge in [0.05, 0.1) is 12.7 Å². The highest BCUT2D eigenvalue weighted by Crippen LogP contribution is 2.37. The lowest BCUT2D eigenvalue weighted by Crippen LogP contribution is -2.15. The minimum atomic E-state index is -0.498. The van der Waals surface area contributed by atoms with Crippen LogP contribution in [0, 0.1) is 11.3 Å². The lowest BCUT2D eigenvalue weighted by Gasteiger charge is -2.14. The van der Waals surface area contributed by atoms with Gasteiger partial charge in [-0.05, 0) is 12.5 Å². The Balaban J connectivity index is 2.20. The average Bonchev–Trinajstić information content (AvgIpc) is 2.73. The van der Waals surface area contributed by atoms with E-state index < -0.39 is 5.25 Å². The second-order valence-corrected chi connectivity index (χ2v) is 7.06. The second kappa shape index (κ2) is 8.47. The van der Waals surface area contributed by atoms with Crippen molar-refractivity contribution in [3.05, 3.63) is 66.2 Å². The van der Waals surface area contributed by atoms with Crippen LogP contribution in [-0.2, 0) is 9.53 Å². The molecule has 0 bridgehead atoms. The van der Waals surface area contributed by atoms with Crippen molar-refractivity contribution in [2.45, 2.75) is 17.2 Å². The number of ether oxygens (including phenoxy) is 1. The first-order chi connectivity index (χ1) is 13.2. The molecule has 0 spiro atoms. The second-order valence-electron chi connectivity index (χ2n) is 5.73. The molecule has 0 radical (unpaired) electrons. The normalized spacial score (nSPS) is 11.4. The number of rotatable bonds is 5. The molecular weight excluding hydrogens is 358 g/mol. The van der Waals surface area contributed by atoms with Crippen LogP contribution in [0.4, 0.5) is 0 Å². The van der Waals surface area contributed by atoms with E-state index in [9.17, 15) is 10.1 Å². The van der Waals surface area contributed by atoms with Gasteiger partial charge in [-0.3, -0.25) is 4.79 Å². The van der Waals surface area contributed by atoms with Crippen LogP contribution in [0.2, 0.25) is 0 Å². The van der Waals surface area contributed by atoms with Gasteiger partial charge in [-0.15, -0.1) is 10.2 Å². The maximum atomic E-state index is 11.8. The molecule has 1 atom stereocenters. The van der Waals surface area contributed by atoms with Crippen LogP contribution in [0.25, 0.3) is 22.4 Å². The molecule has 0 fully saturated rings. The van der Waals surface area contributed by atoms with Crippen molar-refractivity contribution in [2.24, 2.45) is 0 Å². The molecule has 27 heavy (non-hydrogen) atoms. The number of carbonyl (C=O) groups excluding carboxylic acids is 1. The number of hydrogen-bond acceptors (Lipinski definition) is 6. The maximum absolute atomic E-state index is 11.8. The molecule has 0 amide bonds. The van der Waals surface area contributed by atoms with Gasteiger partial charge in [-0.1, -0.05) is 72.4 Å². The third-order valence-electron chi connectivity index (χ3n) is 3.98. The zero-order valence-corrected chi connectivity index (χ0v) is 15.7. The lowest BCUT2D eigenvalue weighted by atomic mass is 9.96. The Hall–Kier alpha value is -3.17. The van der Waals surface area contributed by atoms with Crippen LogP contribution >= 0.6 is 11.8 Å². The van der Waals surface area contributed by atoms with Crippen LogP contribution in [-0.4, -0.2) is 28.5 Å². The number of nitrogens with zero attached hydrogens (tertiary/aromatic N) is 3. The molecule has 2 aromatic carbocycles. The Bertz CT molecular complexity index is 986. The molecule has 0 saturated carbocycles. The van der Waals surface area contributed by atoms with Gasteiger partial charge in [0.1, 0.15) is 22.0 Å². The van der Waals surface area contributed by atoms with E-state index in [1.807, 2.05) is 60.7 Å². The van der Waals surface area contributed by atoms with Crippen LogP contribution in [0.15, 0.2) is 65.7 Å². The Morgan fingerprint density at radius 3 is 2.19 bits per heavy atom. The van der Waals surface area contributed by atoms with Crippen molar-refractivity contribution >= 4 is 17.7 Å². The van der Waals surface area contributed by atoms with Crippen LogP contribution in [0.3, 0.4) is 0 Å². The number of hydrogen-bond donors (Lipinski definition) is 0. The number of carbonyl (C=O) groups is 1. The Kier molecular flexibility index (Phi) is 5.84. The molecule has 3 rings (SSSR count). The maximum Gasteiger partial charge on any atom is 0.318 e. The first-order valence-corrected chi connectivity index (χ1v) is 9.19. The highest BCUT2D eigenvalue weighted by Gasteiger charge is 2.23. The number of nitriles is 1. The summed E-state index contributed by atoms with van der Waals surface area (Å²) in [5.74, 6) is -0.376. The van der Waals surface area contributed by atoms with Crippen molar-refractivity contribution in [1.29, 1.82) is 5.26 Å². The highest BCUT2D eigenvalue weighted by atomic mass is 32.2. The number of methoxy groups -OCH3 is 1. The molecule has 0 aliphatic heterocycles. The molecule has 0 aliphatic carbocycles. The van der Waals surface area contributed by atoms with E-state index in [2.05, 4.69) is 16.3 Å². The molecule has 3 aromatic rings. The third-order valence-corrected chi connectivity index (χ3v) is 5.04. The van der Waals surface area contributed by atoms with Gasteiger partial charge in [0.15, 0.2) is 0 Å². The minimum absolute atomic E-state index is 0.376. The summed E-state index contributed by atoms with van der Waals surface area (Å²) in [5, 5.41) is 18.5. The van der Waals surface area contributed by atoms with Crippen molar-refractivity contribution in [3.8, 4) is 28.5 Å². The quantitative estimate of drug-likeness (QED) is 0.488. The molecular formula is C21H17N3O2S. The summed E-state index contributed by atoms with van der Waals surface area (Å²) >= 11 is 1.17. The molecule has 5 nitrogen and oxygen atoms in total. The molecule has 0 saturated heterocycles. The minimum Gasteiger partial charge on any atom is -0.468 e. The fraction of sp³-hybridized carbons (Fsp3) is 0.143. The molecule has 1 heterocycles. The average molecular weight is 375 g/mol. The number of aromatic nitrogens is 2. The highest BCUT2D eigenvalue weighted by molar-refractivity contribution is 8.00. The fourth-order valence-corrected chi connectivity index (χ4v) is 3.55. The Labute approximate surface area is 162 Å². The van der Waals surface area contributed by atoms with E-state index in [-0.39, 0.29) is 5.97 Å². The summed E-state index contributed by atoms with van der Waals surface area (Å²) in [6.45, 7) is 1.71. The standard InChI is InChI=1S/C21H17N3O2S/c1-14(21(25)26-2)27-20-17(13-22)18(15-9-5-3-6-10-15)19(23-24-20)16-11-7-4-8-12-16/h3-12,14H,1-2H3/t14-/m0/s1. The van der Waals surface area contributed by atoms with E-state index in [1.165, 1.54) is 18.9 Å². The smallest absolute Gasteiger partial charge is 0.318 e. The predicted octanol–water partition coefficient (Wildman–Crippen LogP) is 4.34. The molecule has 0 N–H and O–H groups in total. The zero-order chi connectivity index (χ0) is 19.2. The van der Waals surface area contributed by atoms with Crippen molar-refractivity contribution in [2.75, 3.05) is 7.11 Å². The summed E-state index contributed by atoms with van der Waals surface area (Å²) in [7, 11) is 1.34. The molecule has 6 heteroatoms. The van der Waals surface area contributed by atoms with Gasteiger partial charge in [0, 0.05) is 11.1 Å². The fourth-order valence-electron chi connectivity index (χ4n) is 2.67. The van der Waals surface area contributed by atoms with E-state index in [1.54, 1.807) is 6.92 Å². The van der Waals surface area contributed by atoms with E-state index in [0.29, 0.717) is 21.8 Å². The SMILES string of the molecule is COC(=O)[C@H](C)Sc1nnc(-c2ccccc2)c(-c2ccccc2)c1C#N. The summed E-state index contributed by atoms with van der Waals surface area (Å²) in [4.78, 5) is 11.8. The van der Waals surface area contributed by atoms with Gasteiger partial charge in [-0.25, -0.2) is 0 Å². The largest absolute Gasteiger partial charge is 0.468 e. The number of esters is 1. The van der Waals surface area contributed by atoms with Gasteiger partial charge in [-0.2, -0.15) is 5.26 Å². The first-order valence-electron chi connectivity index (χ1n) is 8.31. The van der Waals surface area contributed by atoms with E-state index in [0.717, 1.165) is 11.1 Å². The van der Waals surface area contributed by atoms with Crippen molar-refractivity contribution in [3.63, 3.8) is 0 Å². The number of benzene rings is 2. The third kappa shape index (κ3) is 3.99. The lowest BCUT2D eigenvalue weighted by molar-refractivity contribution is -0.139. The van der Waals surface area contributed by atoms with E-state index >= 15 is 0 Å². The van der Waals surface area contributed by atoms with Gasteiger partial charge < -0.3 is 4.74 Å². The van der Waals surface area contributed by atoms with E-state index in [4.69, 9.17) is 4.74 Å². The van der Waals surface area contributed by atoms with Crippen LogP contribution in [0.1, 0.15) is 12.5 Å². The summed E-state index contributed by atoms with van der Waals surface area (Å²) in [6.07, 6.45) is 0. The summed E-state index contributed by atoms with van der Waals surface area (Å²) in [5.41, 5.74) is 3.48. The number of thioether (sulfide) groups is 1. The van der Waals surface area contributed by atoms with Gasteiger partial charge >= 0.3 is 5.97 Å². The van der Waals surface area contributed by atoms with Crippen molar-refractivity contribution < 1.29 is 9.53 Å². The summed E-state index contributed by atoms with van der Waals surface area (Å²) in [6, 6.07) is 21.5. The van der Waals surface area contributed by atoms with Crippen molar-refractivity contribution in [1.82, 2.24) is 10.2 Å².